The van der Waals surface area contributed by atoms with Crippen LogP contribution < -0.4 is 11.2 Å². The monoisotopic (exact) mass is 328 g/mol. The van der Waals surface area contributed by atoms with Crippen molar-refractivity contribution in [2.24, 2.45) is 0 Å². The SMILES string of the molecule is CC(c1ccc(F)cc1)n1c(=O)[nH]c2cc(C(=O)O)ccc2c1=O. The number of nitrogens with one attached hydrogen (secondary N) is 1. The standard InChI is InChI=1S/C17H13FN2O4/c1-9(10-2-5-12(18)6-3-10)20-15(21)13-7-4-11(16(22)23)8-14(13)19-17(20)24/h2-9H,1H3,(H,19,24)(H,22,23). The molecule has 0 aliphatic rings. The first-order valence-corrected chi connectivity index (χ1v) is 7.16. The Morgan fingerprint density at radius 1 is 1.17 bits per heavy atom. The molecule has 0 amide bonds. The Hall–Kier alpha value is -3.22. The summed E-state index contributed by atoms with van der Waals surface area (Å²) in [6.45, 7) is 1.65. The molecule has 0 fully saturated rings. The number of halogens is 1. The van der Waals surface area contributed by atoms with Gasteiger partial charge in [-0.3, -0.25) is 9.36 Å². The molecule has 3 aromatic rings. The van der Waals surface area contributed by atoms with Gasteiger partial charge < -0.3 is 10.1 Å². The number of carbonyl (C=O) groups is 1. The van der Waals surface area contributed by atoms with Crippen LogP contribution in [-0.4, -0.2) is 20.6 Å². The maximum Gasteiger partial charge on any atom is 0.335 e. The number of hydrogen-bond acceptors (Lipinski definition) is 3. The topological polar surface area (TPSA) is 92.2 Å². The third-order valence-electron chi connectivity index (χ3n) is 3.92. The minimum atomic E-state index is -1.15. The van der Waals surface area contributed by atoms with Crippen molar-refractivity contribution in [2.75, 3.05) is 0 Å². The average molecular weight is 328 g/mol. The number of aromatic nitrogens is 2. The highest BCUT2D eigenvalue weighted by atomic mass is 19.1. The van der Waals surface area contributed by atoms with Crippen molar-refractivity contribution in [2.45, 2.75) is 13.0 Å². The molecule has 1 atom stereocenters. The Morgan fingerprint density at radius 2 is 1.83 bits per heavy atom. The van der Waals surface area contributed by atoms with Gasteiger partial charge in [0.05, 0.1) is 22.5 Å². The summed E-state index contributed by atoms with van der Waals surface area (Å²) in [6.07, 6.45) is 0. The number of hydrogen-bond donors (Lipinski definition) is 2. The van der Waals surface area contributed by atoms with E-state index in [0.717, 1.165) is 4.57 Å². The number of carboxylic acid groups (broad SMARTS) is 1. The second kappa shape index (κ2) is 5.77. The van der Waals surface area contributed by atoms with Gasteiger partial charge in [0.15, 0.2) is 0 Å². The van der Waals surface area contributed by atoms with Gasteiger partial charge >= 0.3 is 11.7 Å². The lowest BCUT2D eigenvalue weighted by atomic mass is 10.1. The number of carboxylic acids is 1. The van der Waals surface area contributed by atoms with E-state index in [9.17, 15) is 18.8 Å². The molecule has 24 heavy (non-hydrogen) atoms. The van der Waals surface area contributed by atoms with Crippen LogP contribution in [0.25, 0.3) is 10.9 Å². The van der Waals surface area contributed by atoms with Crippen LogP contribution >= 0.6 is 0 Å². The van der Waals surface area contributed by atoms with Crippen molar-refractivity contribution in [3.63, 3.8) is 0 Å². The van der Waals surface area contributed by atoms with Crippen molar-refractivity contribution in [3.8, 4) is 0 Å². The number of fused-ring (bicyclic) bond motifs is 1. The Kier molecular flexibility index (Phi) is 3.76. The molecule has 0 saturated carbocycles. The average Bonchev–Trinajstić information content (AvgIpc) is 2.54. The highest BCUT2D eigenvalue weighted by Gasteiger charge is 2.16. The summed E-state index contributed by atoms with van der Waals surface area (Å²) < 4.78 is 14.1. The summed E-state index contributed by atoms with van der Waals surface area (Å²) >= 11 is 0. The second-order valence-corrected chi connectivity index (χ2v) is 5.40. The zero-order valence-electron chi connectivity index (χ0n) is 12.6. The van der Waals surface area contributed by atoms with Gasteiger partial charge in [0.1, 0.15) is 5.82 Å². The molecule has 122 valence electrons. The van der Waals surface area contributed by atoms with E-state index in [-0.39, 0.29) is 16.5 Å². The number of nitrogens with zero attached hydrogens (tertiary/aromatic N) is 1. The highest BCUT2D eigenvalue weighted by Crippen LogP contribution is 2.16. The molecule has 0 bridgehead atoms. The van der Waals surface area contributed by atoms with Gasteiger partial charge in [0, 0.05) is 0 Å². The van der Waals surface area contributed by atoms with Crippen molar-refractivity contribution < 1.29 is 14.3 Å². The third kappa shape index (κ3) is 2.60. The molecular weight excluding hydrogens is 315 g/mol. The Morgan fingerprint density at radius 3 is 2.46 bits per heavy atom. The van der Waals surface area contributed by atoms with Crippen molar-refractivity contribution in [1.29, 1.82) is 0 Å². The summed E-state index contributed by atoms with van der Waals surface area (Å²) in [4.78, 5) is 38.5. The molecule has 2 aromatic carbocycles. The Labute approximate surface area is 134 Å². The number of benzene rings is 2. The van der Waals surface area contributed by atoms with E-state index in [0.29, 0.717) is 5.56 Å². The smallest absolute Gasteiger partial charge is 0.335 e. The second-order valence-electron chi connectivity index (χ2n) is 5.40. The van der Waals surface area contributed by atoms with E-state index in [1.807, 2.05) is 0 Å². The number of H-pyrrole nitrogens is 1. The van der Waals surface area contributed by atoms with Crippen LogP contribution in [0.1, 0.15) is 28.9 Å². The molecule has 0 aliphatic carbocycles. The summed E-state index contributed by atoms with van der Waals surface area (Å²) in [6, 6.07) is 8.82. The van der Waals surface area contributed by atoms with Crippen molar-refractivity contribution >= 4 is 16.9 Å². The molecule has 0 spiro atoms. The van der Waals surface area contributed by atoms with Crippen LogP contribution in [0.2, 0.25) is 0 Å². The van der Waals surface area contributed by atoms with E-state index in [1.54, 1.807) is 6.92 Å². The zero-order chi connectivity index (χ0) is 17.4. The molecule has 0 radical (unpaired) electrons. The minimum absolute atomic E-state index is 0.0260. The molecule has 7 heteroatoms. The summed E-state index contributed by atoms with van der Waals surface area (Å²) in [5.74, 6) is -1.56. The first kappa shape index (κ1) is 15.7. The quantitative estimate of drug-likeness (QED) is 0.770. The van der Waals surface area contributed by atoms with Crippen LogP contribution in [0.3, 0.4) is 0 Å². The first-order chi connectivity index (χ1) is 11.4. The highest BCUT2D eigenvalue weighted by molar-refractivity contribution is 5.92. The van der Waals surface area contributed by atoms with Crippen LogP contribution in [0, 0.1) is 5.82 Å². The third-order valence-corrected chi connectivity index (χ3v) is 3.92. The molecule has 0 aliphatic heterocycles. The van der Waals surface area contributed by atoms with Gasteiger partial charge in [-0.05, 0) is 42.8 Å². The fraction of sp³-hybridized carbons (Fsp3) is 0.118. The maximum absolute atomic E-state index is 13.0. The fourth-order valence-electron chi connectivity index (χ4n) is 2.61. The molecule has 1 aromatic heterocycles. The number of aromatic amines is 1. The molecule has 1 heterocycles. The van der Waals surface area contributed by atoms with E-state index >= 15 is 0 Å². The molecular formula is C17H13FN2O4. The maximum atomic E-state index is 13.0. The summed E-state index contributed by atoms with van der Waals surface area (Å²) in [5, 5.41) is 9.19. The molecule has 6 nitrogen and oxygen atoms in total. The van der Waals surface area contributed by atoms with Crippen LogP contribution in [-0.2, 0) is 0 Å². The van der Waals surface area contributed by atoms with Crippen LogP contribution in [0.15, 0.2) is 52.1 Å². The van der Waals surface area contributed by atoms with Gasteiger partial charge in [-0.2, -0.15) is 0 Å². The number of rotatable bonds is 3. The Bertz CT molecular complexity index is 1050. The normalized spacial score (nSPS) is 12.2. The molecule has 1 unspecified atom stereocenters. The van der Waals surface area contributed by atoms with Crippen molar-refractivity contribution in [3.05, 3.63) is 80.2 Å². The number of aromatic carboxylic acids is 1. The minimum Gasteiger partial charge on any atom is -0.478 e. The van der Waals surface area contributed by atoms with Crippen molar-refractivity contribution in [1.82, 2.24) is 9.55 Å². The lowest BCUT2D eigenvalue weighted by molar-refractivity contribution is 0.0697. The van der Waals surface area contributed by atoms with Gasteiger partial charge in [-0.25, -0.2) is 14.0 Å². The predicted molar refractivity (Wildman–Crippen MR) is 86.0 cm³/mol. The lowest BCUT2D eigenvalue weighted by Crippen LogP contribution is -2.37. The predicted octanol–water partition coefficient (Wildman–Crippen LogP) is 2.14. The van der Waals surface area contributed by atoms with Gasteiger partial charge in [-0.1, -0.05) is 12.1 Å². The summed E-state index contributed by atoms with van der Waals surface area (Å²) in [5.41, 5.74) is -0.464. The van der Waals surface area contributed by atoms with E-state index < -0.39 is 29.1 Å². The molecule has 3 rings (SSSR count). The molecule has 0 saturated heterocycles. The fourth-order valence-corrected chi connectivity index (χ4v) is 2.61. The Balaban J connectivity index is 2.20. The summed E-state index contributed by atoms with van der Waals surface area (Å²) in [7, 11) is 0. The van der Waals surface area contributed by atoms with Gasteiger partial charge in [-0.15, -0.1) is 0 Å². The van der Waals surface area contributed by atoms with Crippen LogP contribution in [0.5, 0.6) is 0 Å². The van der Waals surface area contributed by atoms with E-state index in [2.05, 4.69) is 4.98 Å². The van der Waals surface area contributed by atoms with Crippen LogP contribution in [0.4, 0.5) is 4.39 Å². The largest absolute Gasteiger partial charge is 0.478 e. The van der Waals surface area contributed by atoms with Gasteiger partial charge in [0.25, 0.3) is 5.56 Å². The van der Waals surface area contributed by atoms with E-state index in [1.165, 1.54) is 42.5 Å². The lowest BCUT2D eigenvalue weighted by Gasteiger charge is -2.15. The first-order valence-electron chi connectivity index (χ1n) is 7.16. The zero-order valence-corrected chi connectivity index (χ0v) is 12.6. The van der Waals surface area contributed by atoms with Gasteiger partial charge in [0.2, 0.25) is 0 Å². The van der Waals surface area contributed by atoms with E-state index in [4.69, 9.17) is 5.11 Å². The molecule has 2 N–H and O–H groups in total.